The number of hydrogen-bond donors (Lipinski definition) is 3. The molecule has 3 saturated heterocycles. The summed E-state index contributed by atoms with van der Waals surface area (Å²) in [5, 5.41) is 6.28. The summed E-state index contributed by atoms with van der Waals surface area (Å²) in [5.74, 6) is -0.0120. The Labute approximate surface area is 131 Å². The maximum absolute atomic E-state index is 12.9. The van der Waals surface area contributed by atoms with Gasteiger partial charge in [-0.15, -0.1) is 0 Å². The lowest BCUT2D eigenvalue weighted by molar-refractivity contribution is -0.163. The Kier molecular flexibility index (Phi) is 4.13. The van der Waals surface area contributed by atoms with E-state index in [1.54, 1.807) is 7.05 Å². The number of nitrogens with zero attached hydrogens (tertiary/aromatic N) is 2. The molecule has 3 aliphatic rings. The van der Waals surface area contributed by atoms with Gasteiger partial charge in [-0.05, 0) is 32.2 Å². The summed E-state index contributed by atoms with van der Waals surface area (Å²) in [5.41, 5.74) is 6.25. The third-order valence-corrected chi connectivity index (χ3v) is 5.67. The van der Waals surface area contributed by atoms with Gasteiger partial charge in [0.15, 0.2) is 0 Å². The lowest BCUT2D eigenvalue weighted by atomic mass is 9.80. The van der Waals surface area contributed by atoms with E-state index in [0.717, 1.165) is 19.4 Å². The van der Waals surface area contributed by atoms with Gasteiger partial charge >= 0.3 is 0 Å². The summed E-state index contributed by atoms with van der Waals surface area (Å²) in [6.07, 6.45) is 2.34. The Morgan fingerprint density at radius 2 is 2.14 bits per heavy atom. The van der Waals surface area contributed by atoms with Crippen LogP contribution in [0.3, 0.4) is 0 Å². The Morgan fingerprint density at radius 1 is 1.41 bits per heavy atom. The molecule has 6 unspecified atom stereocenters. The zero-order chi connectivity index (χ0) is 16.0. The van der Waals surface area contributed by atoms with Gasteiger partial charge in [-0.2, -0.15) is 0 Å². The first-order valence-corrected chi connectivity index (χ1v) is 8.21. The van der Waals surface area contributed by atoms with Gasteiger partial charge in [0.1, 0.15) is 0 Å². The highest BCUT2D eigenvalue weighted by Crippen LogP contribution is 2.36. The molecule has 0 spiro atoms. The maximum Gasteiger partial charge on any atom is 0.229 e. The minimum atomic E-state index is -0.369. The van der Waals surface area contributed by atoms with Gasteiger partial charge < -0.3 is 16.0 Å². The normalized spacial score (nSPS) is 42.5. The zero-order valence-corrected chi connectivity index (χ0v) is 13.6. The van der Waals surface area contributed by atoms with E-state index in [1.165, 1.54) is 0 Å². The largest absolute Gasteiger partial charge is 0.359 e. The number of piperidine rings is 2. The molecule has 7 nitrogen and oxygen atoms in total. The molecule has 0 saturated carbocycles. The maximum atomic E-state index is 12.9. The van der Waals surface area contributed by atoms with Gasteiger partial charge in [0.25, 0.3) is 0 Å². The van der Waals surface area contributed by atoms with Gasteiger partial charge in [0, 0.05) is 13.6 Å². The third-order valence-electron chi connectivity index (χ3n) is 5.67. The highest BCUT2D eigenvalue weighted by Gasteiger charge is 2.52. The zero-order valence-electron chi connectivity index (χ0n) is 13.6. The van der Waals surface area contributed by atoms with Crippen molar-refractivity contribution in [1.29, 1.82) is 0 Å². The number of amides is 2. The van der Waals surface area contributed by atoms with Crippen LogP contribution in [-0.4, -0.2) is 60.8 Å². The van der Waals surface area contributed by atoms with Crippen molar-refractivity contribution in [2.24, 2.45) is 23.5 Å². The van der Waals surface area contributed by atoms with E-state index in [4.69, 9.17) is 5.73 Å². The fraction of sp³-hybridized carbons (Fsp3) is 0.867. The van der Waals surface area contributed by atoms with Crippen LogP contribution in [0.15, 0.2) is 0 Å². The van der Waals surface area contributed by atoms with Crippen molar-refractivity contribution in [3.05, 3.63) is 0 Å². The number of rotatable bonds is 1. The van der Waals surface area contributed by atoms with Crippen LogP contribution in [0, 0.1) is 17.8 Å². The Balaban J connectivity index is 1.86. The molecule has 124 valence electrons. The van der Waals surface area contributed by atoms with Crippen molar-refractivity contribution >= 4 is 11.8 Å². The number of carbonyl (C=O) groups is 2. The molecule has 0 aromatic rings. The van der Waals surface area contributed by atoms with Crippen LogP contribution in [0.1, 0.15) is 26.2 Å². The fourth-order valence-electron chi connectivity index (χ4n) is 4.29. The van der Waals surface area contributed by atoms with Crippen LogP contribution in [0.4, 0.5) is 0 Å². The minimum Gasteiger partial charge on any atom is -0.359 e. The van der Waals surface area contributed by atoms with E-state index in [0.29, 0.717) is 12.3 Å². The quantitative estimate of drug-likeness (QED) is 0.584. The monoisotopic (exact) mass is 309 g/mol. The van der Waals surface area contributed by atoms with Crippen molar-refractivity contribution in [2.45, 2.75) is 44.7 Å². The van der Waals surface area contributed by atoms with Crippen molar-refractivity contribution in [1.82, 2.24) is 20.4 Å². The first kappa shape index (κ1) is 15.7. The summed E-state index contributed by atoms with van der Waals surface area (Å²) in [6.45, 7) is 3.00. The molecule has 22 heavy (non-hydrogen) atoms. The number of nitrogens with two attached hydrogens (primary N) is 1. The van der Waals surface area contributed by atoms with E-state index in [9.17, 15) is 9.59 Å². The second kappa shape index (κ2) is 5.79. The van der Waals surface area contributed by atoms with Gasteiger partial charge in [-0.1, -0.05) is 6.92 Å². The van der Waals surface area contributed by atoms with Crippen molar-refractivity contribution in [2.75, 3.05) is 20.6 Å². The van der Waals surface area contributed by atoms with Crippen LogP contribution < -0.4 is 16.4 Å². The average molecular weight is 309 g/mol. The molecule has 0 aliphatic carbocycles. The highest BCUT2D eigenvalue weighted by atomic mass is 16.2. The van der Waals surface area contributed by atoms with E-state index in [-0.39, 0.29) is 42.1 Å². The van der Waals surface area contributed by atoms with Gasteiger partial charge in [0.2, 0.25) is 11.8 Å². The van der Waals surface area contributed by atoms with Gasteiger partial charge in [-0.25, -0.2) is 0 Å². The van der Waals surface area contributed by atoms with E-state index >= 15 is 0 Å². The summed E-state index contributed by atoms with van der Waals surface area (Å²) in [7, 11) is 3.52. The van der Waals surface area contributed by atoms with Crippen LogP contribution in [0.5, 0.6) is 0 Å². The number of fused-ring (bicyclic) bond motifs is 2. The van der Waals surface area contributed by atoms with E-state index in [1.807, 2.05) is 16.8 Å². The summed E-state index contributed by atoms with van der Waals surface area (Å²) < 4.78 is 0. The first-order valence-electron chi connectivity index (χ1n) is 8.21. The first-order chi connectivity index (χ1) is 10.5. The summed E-state index contributed by atoms with van der Waals surface area (Å²) >= 11 is 0. The van der Waals surface area contributed by atoms with E-state index in [2.05, 4.69) is 17.6 Å². The van der Waals surface area contributed by atoms with Crippen LogP contribution >= 0.6 is 0 Å². The molecular weight excluding hydrogens is 282 g/mol. The third kappa shape index (κ3) is 2.31. The second-order valence-corrected chi connectivity index (χ2v) is 6.93. The van der Waals surface area contributed by atoms with Crippen molar-refractivity contribution in [3.63, 3.8) is 0 Å². The SMILES string of the molecule is CNC(=O)C1CC2C(=O)N3CCCC(C)C3NC2N(C)C1N. The van der Waals surface area contributed by atoms with Crippen molar-refractivity contribution in [3.8, 4) is 0 Å². The standard InChI is InChI=1S/C15H27N5O2/c1-8-5-4-6-20-12(8)18-13-10(15(20)22)7-9(14(21)17-2)11(16)19(13)3/h8-13,18H,4-7,16H2,1-3H3,(H,17,21). The molecule has 4 N–H and O–H groups in total. The lowest BCUT2D eigenvalue weighted by Gasteiger charge is -2.55. The number of hydrogen-bond acceptors (Lipinski definition) is 5. The Morgan fingerprint density at radius 3 is 2.82 bits per heavy atom. The van der Waals surface area contributed by atoms with Crippen LogP contribution in [-0.2, 0) is 9.59 Å². The molecule has 7 heteroatoms. The Bertz CT molecular complexity index is 471. The molecule has 0 aromatic heterocycles. The minimum absolute atomic E-state index is 0.0785. The molecule has 2 amide bonds. The lowest BCUT2D eigenvalue weighted by Crippen LogP contribution is -2.74. The van der Waals surface area contributed by atoms with Gasteiger partial charge in [0.05, 0.1) is 30.3 Å². The molecule has 0 bridgehead atoms. The van der Waals surface area contributed by atoms with Crippen molar-refractivity contribution < 1.29 is 9.59 Å². The molecule has 0 radical (unpaired) electrons. The number of carbonyl (C=O) groups excluding carboxylic acids is 2. The average Bonchev–Trinajstić information content (AvgIpc) is 2.52. The van der Waals surface area contributed by atoms with Crippen LogP contribution in [0.2, 0.25) is 0 Å². The summed E-state index contributed by atoms with van der Waals surface area (Å²) in [6, 6.07) is 0. The van der Waals surface area contributed by atoms with Crippen LogP contribution in [0.25, 0.3) is 0 Å². The number of likely N-dealkylation sites (tertiary alicyclic amines) is 1. The smallest absolute Gasteiger partial charge is 0.229 e. The molecular formula is C15H27N5O2. The highest BCUT2D eigenvalue weighted by molar-refractivity contribution is 5.84. The molecule has 6 atom stereocenters. The number of nitrogens with one attached hydrogen (secondary N) is 2. The molecule has 3 rings (SSSR count). The van der Waals surface area contributed by atoms with E-state index < -0.39 is 0 Å². The molecule has 0 aromatic carbocycles. The topological polar surface area (TPSA) is 90.7 Å². The molecule has 3 aliphatic heterocycles. The predicted octanol–water partition coefficient (Wildman–Crippen LogP) is -0.901. The van der Waals surface area contributed by atoms with Gasteiger partial charge in [-0.3, -0.25) is 19.8 Å². The second-order valence-electron chi connectivity index (χ2n) is 6.93. The predicted molar refractivity (Wildman–Crippen MR) is 82.2 cm³/mol. The molecule has 3 heterocycles. The fourth-order valence-corrected chi connectivity index (χ4v) is 4.29. The summed E-state index contributed by atoms with van der Waals surface area (Å²) in [4.78, 5) is 28.9. The Hall–Kier alpha value is -1.18. The molecule has 3 fully saturated rings.